The Morgan fingerprint density at radius 1 is 0.920 bits per heavy atom. The first-order valence-corrected chi connectivity index (χ1v) is 7.36. The van der Waals surface area contributed by atoms with Gasteiger partial charge in [-0.25, -0.2) is 8.78 Å². The van der Waals surface area contributed by atoms with Gasteiger partial charge in [-0.05, 0) is 24.3 Å². The fraction of sp³-hybridized carbons (Fsp3) is 0.167. The first-order valence-electron chi connectivity index (χ1n) is 7.36. The number of fused-ring (bicyclic) bond motifs is 3. The minimum absolute atomic E-state index is 0.0115. The van der Waals surface area contributed by atoms with E-state index in [1.807, 2.05) is 0 Å². The summed E-state index contributed by atoms with van der Waals surface area (Å²) in [7, 11) is 0. The van der Waals surface area contributed by atoms with Crippen molar-refractivity contribution < 1.29 is 31.8 Å². The number of carbonyl (C=O) groups excluding carboxylic acids is 1. The maximum atomic E-state index is 14.5. The Kier molecular flexibility index (Phi) is 3.19. The number of carbonyl (C=O) groups is 1. The van der Waals surface area contributed by atoms with Gasteiger partial charge in [-0.1, -0.05) is 30.3 Å². The highest BCUT2D eigenvalue weighted by molar-refractivity contribution is 6.15. The molecule has 4 rings (SSSR count). The van der Waals surface area contributed by atoms with Gasteiger partial charge < -0.3 is 9.47 Å². The SMILES string of the molecule is O=C1C2=Cc3ccccc3OC2(C(F)(F)C(F)F)Oc2ccccc21. The summed E-state index contributed by atoms with van der Waals surface area (Å²) < 4.78 is 65.9. The Morgan fingerprint density at radius 2 is 1.52 bits per heavy atom. The van der Waals surface area contributed by atoms with Crippen LogP contribution in [0, 0.1) is 0 Å². The van der Waals surface area contributed by atoms with Crippen LogP contribution in [0.5, 0.6) is 11.5 Å². The number of Topliss-reactive ketones (excluding diaryl/α,β-unsaturated/α-hetero) is 1. The summed E-state index contributed by atoms with van der Waals surface area (Å²) >= 11 is 0. The fourth-order valence-electron chi connectivity index (χ4n) is 2.95. The topological polar surface area (TPSA) is 35.5 Å². The molecule has 2 heterocycles. The van der Waals surface area contributed by atoms with Crippen LogP contribution >= 0.6 is 0 Å². The zero-order valence-corrected chi connectivity index (χ0v) is 12.5. The maximum absolute atomic E-state index is 14.5. The van der Waals surface area contributed by atoms with Crippen LogP contribution in [0.4, 0.5) is 17.6 Å². The van der Waals surface area contributed by atoms with E-state index in [-0.39, 0.29) is 17.1 Å². The molecule has 0 aliphatic carbocycles. The average Bonchev–Trinajstić information content (AvgIpc) is 2.60. The molecule has 2 aliphatic rings. The third kappa shape index (κ3) is 2.01. The van der Waals surface area contributed by atoms with E-state index in [0.29, 0.717) is 5.56 Å². The van der Waals surface area contributed by atoms with Gasteiger partial charge >= 0.3 is 18.1 Å². The third-order valence-electron chi connectivity index (χ3n) is 4.17. The molecule has 2 aromatic rings. The molecule has 0 saturated heterocycles. The van der Waals surface area contributed by atoms with Crippen molar-refractivity contribution in [1.29, 1.82) is 0 Å². The van der Waals surface area contributed by atoms with Gasteiger partial charge in [0.15, 0.2) is 0 Å². The average molecular weight is 350 g/mol. The van der Waals surface area contributed by atoms with Crippen LogP contribution in [0.1, 0.15) is 15.9 Å². The number of ether oxygens (including phenoxy) is 2. The first-order chi connectivity index (χ1) is 11.9. The van der Waals surface area contributed by atoms with Gasteiger partial charge in [-0.3, -0.25) is 4.79 Å². The summed E-state index contributed by atoms with van der Waals surface area (Å²) in [5, 5.41) is 0. The van der Waals surface area contributed by atoms with Gasteiger partial charge in [-0.15, -0.1) is 0 Å². The summed E-state index contributed by atoms with van der Waals surface area (Å²) in [6, 6.07) is 11.6. The molecule has 1 atom stereocenters. The lowest BCUT2D eigenvalue weighted by molar-refractivity contribution is -0.285. The summed E-state index contributed by atoms with van der Waals surface area (Å²) in [6.07, 6.45) is -2.98. The van der Waals surface area contributed by atoms with E-state index in [0.717, 1.165) is 6.08 Å². The molecule has 0 aromatic heterocycles. The van der Waals surface area contributed by atoms with E-state index in [4.69, 9.17) is 9.47 Å². The molecule has 0 spiro atoms. The molecule has 128 valence electrons. The van der Waals surface area contributed by atoms with E-state index >= 15 is 0 Å². The number of alkyl halides is 4. The largest absolute Gasteiger partial charge is 0.442 e. The molecule has 7 heteroatoms. The van der Waals surface area contributed by atoms with E-state index in [9.17, 15) is 22.4 Å². The predicted octanol–water partition coefficient (Wildman–Crippen LogP) is 4.33. The fourth-order valence-corrected chi connectivity index (χ4v) is 2.95. The Hall–Kier alpha value is -2.83. The molecule has 2 aromatic carbocycles. The highest BCUT2D eigenvalue weighted by Gasteiger charge is 2.71. The van der Waals surface area contributed by atoms with E-state index in [1.165, 1.54) is 42.5 Å². The lowest BCUT2D eigenvalue weighted by Crippen LogP contribution is -2.65. The van der Waals surface area contributed by atoms with Crippen molar-refractivity contribution in [3.63, 3.8) is 0 Å². The van der Waals surface area contributed by atoms with Gasteiger partial charge in [0.25, 0.3) is 0 Å². The summed E-state index contributed by atoms with van der Waals surface area (Å²) in [5.41, 5.74) is -0.317. The number of ketones is 1. The van der Waals surface area contributed by atoms with Crippen LogP contribution in [0.2, 0.25) is 0 Å². The normalized spacial score (nSPS) is 21.5. The smallest absolute Gasteiger partial charge is 0.386 e. The minimum Gasteiger partial charge on any atom is -0.442 e. The number of halogens is 4. The number of hydrogen-bond acceptors (Lipinski definition) is 3. The van der Waals surface area contributed by atoms with Crippen molar-refractivity contribution in [3.05, 3.63) is 65.2 Å². The monoisotopic (exact) mass is 350 g/mol. The molecule has 0 bridgehead atoms. The van der Waals surface area contributed by atoms with E-state index in [2.05, 4.69) is 0 Å². The molecule has 1 unspecified atom stereocenters. The molecule has 0 saturated carbocycles. The van der Waals surface area contributed by atoms with E-state index in [1.54, 1.807) is 6.07 Å². The van der Waals surface area contributed by atoms with Crippen molar-refractivity contribution in [2.24, 2.45) is 0 Å². The van der Waals surface area contributed by atoms with Crippen molar-refractivity contribution in [3.8, 4) is 11.5 Å². The van der Waals surface area contributed by atoms with Crippen LogP contribution in [0.3, 0.4) is 0 Å². The van der Waals surface area contributed by atoms with Gasteiger partial charge in [0.05, 0.1) is 11.1 Å². The second-order valence-corrected chi connectivity index (χ2v) is 5.67. The van der Waals surface area contributed by atoms with Gasteiger partial charge in [0.1, 0.15) is 11.5 Å². The van der Waals surface area contributed by atoms with Crippen molar-refractivity contribution in [1.82, 2.24) is 0 Å². The zero-order chi connectivity index (χ0) is 17.8. The summed E-state index contributed by atoms with van der Waals surface area (Å²) in [5.74, 6) is -9.11. The molecule has 0 radical (unpaired) electrons. The predicted molar refractivity (Wildman–Crippen MR) is 80.1 cm³/mol. The second-order valence-electron chi connectivity index (χ2n) is 5.67. The maximum Gasteiger partial charge on any atom is 0.386 e. The third-order valence-corrected chi connectivity index (χ3v) is 4.17. The zero-order valence-electron chi connectivity index (χ0n) is 12.5. The highest BCUT2D eigenvalue weighted by atomic mass is 19.3. The molecule has 0 N–H and O–H groups in total. The number of rotatable bonds is 2. The molecule has 0 fully saturated rings. The van der Waals surface area contributed by atoms with Crippen molar-refractivity contribution in [2.45, 2.75) is 18.1 Å². The van der Waals surface area contributed by atoms with Gasteiger partial charge in [-0.2, -0.15) is 8.78 Å². The van der Waals surface area contributed by atoms with Crippen molar-refractivity contribution >= 4 is 11.9 Å². The van der Waals surface area contributed by atoms with Crippen LogP contribution in [-0.4, -0.2) is 23.9 Å². The molecular formula is C18H10F4O3. The van der Waals surface area contributed by atoms with Gasteiger partial charge in [0.2, 0.25) is 5.78 Å². The summed E-state index contributed by atoms with van der Waals surface area (Å²) in [6.45, 7) is 0. The van der Waals surface area contributed by atoms with Crippen LogP contribution < -0.4 is 9.47 Å². The number of para-hydroxylation sites is 2. The minimum atomic E-state index is -4.75. The highest BCUT2D eigenvalue weighted by Crippen LogP contribution is 2.51. The Labute approximate surface area is 139 Å². The Balaban J connectivity index is 2.01. The lowest BCUT2D eigenvalue weighted by Gasteiger charge is -2.44. The number of benzene rings is 2. The standard InChI is InChI=1S/C18H10F4O3/c19-16(20)17(21,22)18-12(9-10-5-1-3-7-13(10)24-18)15(23)11-6-2-4-8-14(11)25-18/h1-9,16H. The van der Waals surface area contributed by atoms with Crippen molar-refractivity contribution in [2.75, 3.05) is 0 Å². The van der Waals surface area contributed by atoms with Crippen LogP contribution in [0.25, 0.3) is 6.08 Å². The molecule has 2 aliphatic heterocycles. The quantitative estimate of drug-likeness (QED) is 0.756. The Bertz CT molecular complexity index is 907. The van der Waals surface area contributed by atoms with Crippen LogP contribution in [-0.2, 0) is 0 Å². The second kappa shape index (κ2) is 5.08. The summed E-state index contributed by atoms with van der Waals surface area (Å²) in [4.78, 5) is 12.7. The molecular weight excluding hydrogens is 340 g/mol. The first kappa shape index (κ1) is 15.7. The van der Waals surface area contributed by atoms with Crippen LogP contribution in [0.15, 0.2) is 54.1 Å². The molecule has 3 nitrogen and oxygen atoms in total. The Morgan fingerprint density at radius 3 is 2.24 bits per heavy atom. The van der Waals surface area contributed by atoms with Gasteiger partial charge in [0, 0.05) is 5.56 Å². The number of hydrogen-bond donors (Lipinski definition) is 0. The molecule has 25 heavy (non-hydrogen) atoms. The lowest BCUT2D eigenvalue weighted by atomic mass is 9.85. The molecule has 0 amide bonds. The van der Waals surface area contributed by atoms with E-state index < -0.39 is 29.5 Å².